The summed E-state index contributed by atoms with van der Waals surface area (Å²) in [6.45, 7) is 2.82. The molecule has 0 unspecified atom stereocenters. The molecule has 0 aromatic heterocycles. The topological polar surface area (TPSA) is 84.0 Å². The summed E-state index contributed by atoms with van der Waals surface area (Å²) >= 11 is 1.34. The van der Waals surface area contributed by atoms with E-state index in [2.05, 4.69) is 4.74 Å². The van der Waals surface area contributed by atoms with Gasteiger partial charge in [-0.1, -0.05) is 6.92 Å². The van der Waals surface area contributed by atoms with Crippen LogP contribution < -0.4 is 4.90 Å². The van der Waals surface area contributed by atoms with Crippen molar-refractivity contribution in [2.45, 2.75) is 29.6 Å². The number of amides is 1. The van der Waals surface area contributed by atoms with Gasteiger partial charge in [-0.15, -0.1) is 11.8 Å². The van der Waals surface area contributed by atoms with Gasteiger partial charge in [0.2, 0.25) is 15.9 Å². The number of hydrogen-bond acceptors (Lipinski definition) is 6. The molecule has 1 fully saturated rings. The average molecular weight is 399 g/mol. The number of nitrogens with zero attached hydrogens (tertiary/aromatic N) is 2. The van der Waals surface area contributed by atoms with E-state index in [9.17, 15) is 18.0 Å². The molecule has 0 saturated carbocycles. The minimum absolute atomic E-state index is 0.149. The molecule has 3 rings (SSSR count). The monoisotopic (exact) mass is 398 g/mol. The second kappa shape index (κ2) is 7.58. The maximum absolute atomic E-state index is 13.0. The average Bonchev–Trinajstić information content (AvgIpc) is 2.63. The molecule has 142 valence electrons. The van der Waals surface area contributed by atoms with Crippen LogP contribution in [0.1, 0.15) is 19.8 Å². The molecule has 1 aromatic carbocycles. The third kappa shape index (κ3) is 3.74. The number of thioether (sulfide) groups is 1. The molecule has 2 aliphatic rings. The van der Waals surface area contributed by atoms with Gasteiger partial charge in [-0.25, -0.2) is 8.42 Å². The Bertz CT molecular complexity index is 824. The Morgan fingerprint density at radius 3 is 2.85 bits per heavy atom. The van der Waals surface area contributed by atoms with E-state index in [4.69, 9.17) is 0 Å². The Balaban J connectivity index is 1.96. The van der Waals surface area contributed by atoms with Crippen LogP contribution in [0.4, 0.5) is 5.69 Å². The number of sulfonamides is 1. The highest BCUT2D eigenvalue weighted by Gasteiger charge is 2.32. The second-order valence-corrected chi connectivity index (χ2v) is 9.54. The number of esters is 1. The molecule has 0 aliphatic carbocycles. The van der Waals surface area contributed by atoms with Crippen molar-refractivity contribution in [2.24, 2.45) is 5.92 Å². The fourth-order valence-corrected chi connectivity index (χ4v) is 5.76. The number of methoxy groups -OCH3 is 1. The lowest BCUT2D eigenvalue weighted by atomic mass is 10.0. The van der Waals surface area contributed by atoms with Crippen molar-refractivity contribution in [1.29, 1.82) is 0 Å². The van der Waals surface area contributed by atoms with Crippen LogP contribution >= 0.6 is 11.8 Å². The highest BCUT2D eigenvalue weighted by Crippen LogP contribution is 2.37. The lowest BCUT2D eigenvalue weighted by Crippen LogP contribution is -2.41. The van der Waals surface area contributed by atoms with Crippen molar-refractivity contribution < 1.29 is 22.7 Å². The number of hydrogen-bond donors (Lipinski definition) is 0. The van der Waals surface area contributed by atoms with Crippen molar-refractivity contribution in [3.63, 3.8) is 0 Å². The van der Waals surface area contributed by atoms with E-state index < -0.39 is 16.0 Å². The lowest BCUT2D eigenvalue weighted by Gasteiger charge is -2.31. The van der Waals surface area contributed by atoms with Crippen LogP contribution in [0.5, 0.6) is 0 Å². The predicted octanol–water partition coefficient (Wildman–Crippen LogP) is 1.72. The van der Waals surface area contributed by atoms with E-state index in [1.54, 1.807) is 12.1 Å². The van der Waals surface area contributed by atoms with Gasteiger partial charge in [0.25, 0.3) is 0 Å². The maximum Gasteiger partial charge on any atom is 0.325 e. The fourth-order valence-electron chi connectivity index (χ4n) is 3.22. The third-order valence-corrected chi connectivity index (χ3v) is 7.55. The second-order valence-electron chi connectivity index (χ2n) is 6.58. The Morgan fingerprint density at radius 2 is 2.15 bits per heavy atom. The zero-order valence-corrected chi connectivity index (χ0v) is 16.4. The van der Waals surface area contributed by atoms with Crippen LogP contribution in [-0.2, 0) is 24.3 Å². The van der Waals surface area contributed by atoms with Gasteiger partial charge in [0, 0.05) is 18.0 Å². The molecule has 7 nitrogen and oxygen atoms in total. The minimum Gasteiger partial charge on any atom is -0.468 e. The molecule has 2 heterocycles. The molecule has 9 heteroatoms. The fraction of sp³-hybridized carbons (Fsp3) is 0.529. The molecule has 1 aromatic rings. The number of ether oxygens (including phenoxy) is 1. The molecule has 26 heavy (non-hydrogen) atoms. The zero-order valence-electron chi connectivity index (χ0n) is 14.8. The summed E-state index contributed by atoms with van der Waals surface area (Å²) in [5.41, 5.74) is 0.447. The third-order valence-electron chi connectivity index (χ3n) is 4.65. The number of carbonyl (C=O) groups is 2. The molecule has 1 saturated heterocycles. The standard InChI is InChI=1S/C17H22N2O5S2/c1-12-4-3-7-18(9-12)26(22,23)13-5-6-15-14(8-13)19(10-17(21)24-2)16(20)11-25-15/h5-6,8,12H,3-4,7,9-11H2,1-2H3/t12-/m0/s1. The molecule has 0 N–H and O–H groups in total. The SMILES string of the molecule is COC(=O)CN1C(=O)CSc2ccc(S(=O)(=O)N3CCC[C@H](C)C3)cc21. The minimum atomic E-state index is -3.63. The Morgan fingerprint density at radius 1 is 1.38 bits per heavy atom. The largest absolute Gasteiger partial charge is 0.468 e. The lowest BCUT2D eigenvalue weighted by molar-refractivity contribution is -0.139. The van der Waals surface area contributed by atoms with Gasteiger partial charge in [-0.2, -0.15) is 4.31 Å². The van der Waals surface area contributed by atoms with E-state index in [0.717, 1.165) is 17.7 Å². The van der Waals surface area contributed by atoms with Crippen molar-refractivity contribution in [1.82, 2.24) is 4.31 Å². The Kier molecular flexibility index (Phi) is 5.59. The van der Waals surface area contributed by atoms with Crippen LogP contribution in [0.3, 0.4) is 0 Å². The number of benzene rings is 1. The molecule has 1 amide bonds. The van der Waals surface area contributed by atoms with E-state index in [0.29, 0.717) is 24.7 Å². The molecular formula is C17H22N2O5S2. The van der Waals surface area contributed by atoms with Gasteiger partial charge in [-0.05, 0) is 37.0 Å². The molecule has 0 radical (unpaired) electrons. The van der Waals surface area contributed by atoms with Crippen LogP contribution in [0.2, 0.25) is 0 Å². The summed E-state index contributed by atoms with van der Waals surface area (Å²) in [6, 6.07) is 4.78. The number of rotatable bonds is 4. The highest BCUT2D eigenvalue weighted by molar-refractivity contribution is 8.00. The number of piperidine rings is 1. The summed E-state index contributed by atoms with van der Waals surface area (Å²) < 4.78 is 32.2. The van der Waals surface area contributed by atoms with Gasteiger partial charge < -0.3 is 4.74 Å². The van der Waals surface area contributed by atoms with Crippen LogP contribution in [0, 0.1) is 5.92 Å². The van der Waals surface area contributed by atoms with Crippen molar-refractivity contribution in [3.8, 4) is 0 Å². The molecule has 2 aliphatic heterocycles. The maximum atomic E-state index is 13.0. The molecule has 1 atom stereocenters. The van der Waals surface area contributed by atoms with E-state index in [-0.39, 0.29) is 23.1 Å². The highest BCUT2D eigenvalue weighted by atomic mass is 32.2. The van der Waals surface area contributed by atoms with Crippen LogP contribution in [0.25, 0.3) is 0 Å². The summed E-state index contributed by atoms with van der Waals surface area (Å²) in [7, 11) is -2.38. The van der Waals surface area contributed by atoms with Gasteiger partial charge in [0.05, 0.1) is 23.4 Å². The normalized spacial score (nSPS) is 21.4. The van der Waals surface area contributed by atoms with Crippen molar-refractivity contribution in [3.05, 3.63) is 18.2 Å². The molecule has 0 bridgehead atoms. The quantitative estimate of drug-likeness (QED) is 0.718. The van der Waals surface area contributed by atoms with Gasteiger partial charge in [0.15, 0.2) is 0 Å². The summed E-state index contributed by atoms with van der Waals surface area (Å²) in [4.78, 5) is 26.1. The Hall–Kier alpha value is -1.58. The predicted molar refractivity (Wildman–Crippen MR) is 98.7 cm³/mol. The number of anilines is 1. The van der Waals surface area contributed by atoms with Crippen LogP contribution in [0.15, 0.2) is 28.0 Å². The molecule has 0 spiro atoms. The van der Waals surface area contributed by atoms with E-state index in [1.807, 2.05) is 6.92 Å². The zero-order chi connectivity index (χ0) is 18.9. The Labute approximate surface area is 157 Å². The van der Waals surface area contributed by atoms with Gasteiger partial charge in [0.1, 0.15) is 6.54 Å². The number of carbonyl (C=O) groups excluding carboxylic acids is 2. The smallest absolute Gasteiger partial charge is 0.325 e. The first kappa shape index (κ1) is 19.2. The number of fused-ring (bicyclic) bond motifs is 1. The first-order valence-corrected chi connectivity index (χ1v) is 10.9. The van der Waals surface area contributed by atoms with Gasteiger partial charge >= 0.3 is 5.97 Å². The van der Waals surface area contributed by atoms with E-state index >= 15 is 0 Å². The van der Waals surface area contributed by atoms with Crippen LogP contribution in [-0.4, -0.2) is 57.1 Å². The first-order chi connectivity index (χ1) is 12.3. The first-order valence-electron chi connectivity index (χ1n) is 8.47. The van der Waals surface area contributed by atoms with Gasteiger partial charge in [-0.3, -0.25) is 14.5 Å². The summed E-state index contributed by atoms with van der Waals surface area (Å²) in [5, 5.41) is 0. The van der Waals surface area contributed by atoms with E-state index in [1.165, 1.54) is 34.1 Å². The summed E-state index contributed by atoms with van der Waals surface area (Å²) in [5.74, 6) is -0.257. The van der Waals surface area contributed by atoms with Crippen molar-refractivity contribution >= 4 is 39.3 Å². The molecular weight excluding hydrogens is 376 g/mol. The summed E-state index contributed by atoms with van der Waals surface area (Å²) in [6.07, 6.45) is 1.86. The van der Waals surface area contributed by atoms with Crippen molar-refractivity contribution in [2.75, 3.05) is 37.4 Å².